The van der Waals surface area contributed by atoms with Crippen LogP contribution in [0, 0.1) is 11.7 Å². The second kappa shape index (κ2) is 9.62. The molecule has 3 rings (SSSR count). The van der Waals surface area contributed by atoms with Gasteiger partial charge in [0.2, 0.25) is 17.7 Å². The molecule has 0 N–H and O–H groups in total. The van der Waals surface area contributed by atoms with Gasteiger partial charge in [0.1, 0.15) is 5.82 Å². The fraction of sp³-hybridized carbons (Fsp3) is 0.524. The average Bonchev–Trinajstić information content (AvgIpc) is 3.19. The zero-order valence-corrected chi connectivity index (χ0v) is 16.9. The number of aromatic nitrogens is 2. The van der Waals surface area contributed by atoms with Gasteiger partial charge in [0.05, 0.1) is 12.5 Å². The normalized spacial score (nSPS) is 16.9. The number of nitrogens with zero attached hydrogens (tertiary/aromatic N) is 4. The lowest BCUT2D eigenvalue weighted by molar-refractivity contribution is -0.143. The summed E-state index contributed by atoms with van der Waals surface area (Å²) < 4.78 is 18.6. The van der Waals surface area contributed by atoms with Crippen LogP contribution >= 0.6 is 0 Å². The molecule has 29 heavy (non-hydrogen) atoms. The summed E-state index contributed by atoms with van der Waals surface area (Å²) in [4.78, 5) is 33.0. The summed E-state index contributed by atoms with van der Waals surface area (Å²) in [5.41, 5.74) is 0.838. The minimum atomic E-state index is -0.286. The summed E-state index contributed by atoms with van der Waals surface area (Å²) in [5.74, 6) is 0.535. The lowest BCUT2D eigenvalue weighted by Gasteiger charge is -2.34. The molecule has 1 aliphatic heterocycles. The molecule has 0 aliphatic carbocycles. The Hall–Kier alpha value is -2.77. The Morgan fingerprint density at radius 2 is 2.21 bits per heavy atom. The van der Waals surface area contributed by atoms with Gasteiger partial charge in [-0.2, -0.15) is 4.98 Å². The molecule has 2 aromatic rings. The highest BCUT2D eigenvalue weighted by Gasteiger charge is 2.32. The molecule has 8 heteroatoms. The number of rotatable bonds is 8. The number of likely N-dealkylation sites (tertiary alicyclic amines) is 1. The Kier molecular flexibility index (Phi) is 6.95. The van der Waals surface area contributed by atoms with E-state index >= 15 is 0 Å². The molecule has 0 spiro atoms. The van der Waals surface area contributed by atoms with Crippen molar-refractivity contribution in [3.8, 4) is 0 Å². The average molecular weight is 402 g/mol. The molecule has 1 aromatic heterocycles. The van der Waals surface area contributed by atoms with Crippen LogP contribution in [-0.2, 0) is 29.0 Å². The molecule has 156 valence electrons. The first-order valence-corrected chi connectivity index (χ1v) is 10.1. The van der Waals surface area contributed by atoms with Crippen molar-refractivity contribution in [2.24, 2.45) is 5.92 Å². The number of amides is 2. The summed E-state index contributed by atoms with van der Waals surface area (Å²) >= 11 is 0. The first kappa shape index (κ1) is 21.0. The van der Waals surface area contributed by atoms with Crippen molar-refractivity contribution in [2.45, 2.75) is 46.1 Å². The van der Waals surface area contributed by atoms with Crippen molar-refractivity contribution in [2.75, 3.05) is 19.6 Å². The van der Waals surface area contributed by atoms with Crippen molar-refractivity contribution >= 4 is 11.8 Å². The zero-order chi connectivity index (χ0) is 20.8. The van der Waals surface area contributed by atoms with Gasteiger partial charge in [-0.15, -0.1) is 0 Å². The highest BCUT2D eigenvalue weighted by molar-refractivity contribution is 5.83. The van der Waals surface area contributed by atoms with Gasteiger partial charge in [0, 0.05) is 32.5 Å². The highest BCUT2D eigenvalue weighted by atomic mass is 19.1. The van der Waals surface area contributed by atoms with Gasteiger partial charge in [-0.1, -0.05) is 24.2 Å². The third-order valence-electron chi connectivity index (χ3n) is 5.25. The van der Waals surface area contributed by atoms with Crippen LogP contribution in [0.1, 0.15) is 44.0 Å². The van der Waals surface area contributed by atoms with E-state index in [0.717, 1.165) is 5.56 Å². The summed E-state index contributed by atoms with van der Waals surface area (Å²) in [6.07, 6.45) is 2.12. The third-order valence-corrected chi connectivity index (χ3v) is 5.25. The fourth-order valence-corrected chi connectivity index (χ4v) is 3.55. The van der Waals surface area contributed by atoms with E-state index in [9.17, 15) is 14.0 Å². The van der Waals surface area contributed by atoms with E-state index in [0.29, 0.717) is 57.0 Å². The van der Waals surface area contributed by atoms with Crippen molar-refractivity contribution in [1.29, 1.82) is 0 Å². The van der Waals surface area contributed by atoms with Crippen LogP contribution in [0.5, 0.6) is 0 Å². The van der Waals surface area contributed by atoms with Gasteiger partial charge in [-0.3, -0.25) is 9.59 Å². The van der Waals surface area contributed by atoms with Crippen LogP contribution in [0.3, 0.4) is 0 Å². The predicted octanol–water partition coefficient (Wildman–Crippen LogP) is 2.60. The number of halogens is 1. The largest absolute Gasteiger partial charge is 0.342 e. The molecule has 2 amide bonds. The first-order valence-electron chi connectivity index (χ1n) is 10.1. The molecule has 0 radical (unpaired) electrons. The number of benzene rings is 1. The standard InChI is InChI=1S/C21H27FN4O3/c1-3-18-23-19(29-24-18)14-25(4-2)21(28)16-8-9-20(27)26(13-16)11-10-15-6-5-7-17(22)12-15/h5-7,12,16H,3-4,8-11,13-14H2,1-2H3. The topological polar surface area (TPSA) is 79.5 Å². The van der Waals surface area contributed by atoms with Gasteiger partial charge in [-0.25, -0.2) is 4.39 Å². The number of piperidine rings is 1. The van der Waals surface area contributed by atoms with Gasteiger partial charge >= 0.3 is 0 Å². The van der Waals surface area contributed by atoms with E-state index in [4.69, 9.17) is 4.52 Å². The SMILES string of the molecule is CCc1noc(CN(CC)C(=O)C2CCC(=O)N(CCc3cccc(F)c3)C2)n1. The quantitative estimate of drug-likeness (QED) is 0.678. The van der Waals surface area contributed by atoms with Gasteiger partial charge in [0.25, 0.3) is 0 Å². The molecule has 1 saturated heterocycles. The van der Waals surface area contributed by atoms with E-state index in [1.54, 1.807) is 15.9 Å². The number of hydrogen-bond donors (Lipinski definition) is 0. The second-order valence-corrected chi connectivity index (χ2v) is 7.27. The molecule has 2 heterocycles. The second-order valence-electron chi connectivity index (χ2n) is 7.27. The van der Waals surface area contributed by atoms with Crippen LogP contribution in [-0.4, -0.2) is 51.4 Å². The maximum absolute atomic E-state index is 13.4. The summed E-state index contributed by atoms with van der Waals surface area (Å²) in [6, 6.07) is 6.38. The molecule has 0 bridgehead atoms. The van der Waals surface area contributed by atoms with Gasteiger partial charge < -0.3 is 14.3 Å². The number of aryl methyl sites for hydroxylation is 1. The Morgan fingerprint density at radius 1 is 1.38 bits per heavy atom. The predicted molar refractivity (Wildman–Crippen MR) is 104 cm³/mol. The van der Waals surface area contributed by atoms with Crippen LogP contribution in [0.2, 0.25) is 0 Å². The van der Waals surface area contributed by atoms with Crippen LogP contribution < -0.4 is 0 Å². The number of carbonyl (C=O) groups excluding carboxylic acids is 2. The van der Waals surface area contributed by atoms with Gasteiger partial charge in [0.15, 0.2) is 5.82 Å². The molecule has 1 fully saturated rings. The molecule has 1 unspecified atom stereocenters. The molecule has 0 saturated carbocycles. The molecule has 1 aromatic carbocycles. The maximum Gasteiger partial charge on any atom is 0.246 e. The summed E-state index contributed by atoms with van der Waals surface area (Å²) in [5, 5.41) is 3.87. The van der Waals surface area contributed by atoms with Gasteiger partial charge in [-0.05, 0) is 37.5 Å². The van der Waals surface area contributed by atoms with E-state index in [2.05, 4.69) is 10.1 Å². The first-order chi connectivity index (χ1) is 14.0. The lowest BCUT2D eigenvalue weighted by atomic mass is 9.95. The van der Waals surface area contributed by atoms with E-state index in [-0.39, 0.29) is 30.1 Å². The molecule has 1 atom stereocenters. The Labute approximate surface area is 169 Å². The van der Waals surface area contributed by atoms with E-state index < -0.39 is 0 Å². The Bertz CT molecular complexity index is 854. The number of hydrogen-bond acceptors (Lipinski definition) is 5. The monoisotopic (exact) mass is 402 g/mol. The van der Waals surface area contributed by atoms with E-state index in [1.165, 1.54) is 12.1 Å². The fourth-order valence-electron chi connectivity index (χ4n) is 3.55. The molecular formula is C21H27FN4O3. The van der Waals surface area contributed by atoms with Crippen molar-refractivity contribution in [3.05, 3.63) is 47.4 Å². The van der Waals surface area contributed by atoms with Crippen molar-refractivity contribution in [3.63, 3.8) is 0 Å². The minimum Gasteiger partial charge on any atom is -0.342 e. The van der Waals surface area contributed by atoms with Crippen LogP contribution in [0.15, 0.2) is 28.8 Å². The van der Waals surface area contributed by atoms with Crippen molar-refractivity contribution in [1.82, 2.24) is 19.9 Å². The third kappa shape index (κ3) is 5.40. The smallest absolute Gasteiger partial charge is 0.246 e. The minimum absolute atomic E-state index is 0.00740. The molecule has 1 aliphatic rings. The molecule has 7 nitrogen and oxygen atoms in total. The Balaban J connectivity index is 1.59. The Morgan fingerprint density at radius 3 is 2.90 bits per heavy atom. The maximum atomic E-state index is 13.4. The number of carbonyl (C=O) groups is 2. The van der Waals surface area contributed by atoms with E-state index in [1.807, 2.05) is 19.9 Å². The lowest BCUT2D eigenvalue weighted by Crippen LogP contribution is -2.47. The zero-order valence-electron chi connectivity index (χ0n) is 16.9. The van der Waals surface area contributed by atoms with Crippen LogP contribution in [0.4, 0.5) is 4.39 Å². The summed E-state index contributed by atoms with van der Waals surface area (Å²) in [7, 11) is 0. The summed E-state index contributed by atoms with van der Waals surface area (Å²) in [6.45, 7) is 5.50. The highest BCUT2D eigenvalue weighted by Crippen LogP contribution is 2.21. The van der Waals surface area contributed by atoms with Crippen LogP contribution in [0.25, 0.3) is 0 Å². The van der Waals surface area contributed by atoms with Crippen molar-refractivity contribution < 1.29 is 18.5 Å². The molecular weight excluding hydrogens is 375 g/mol.